The van der Waals surface area contributed by atoms with Gasteiger partial charge in [-0.25, -0.2) is 0 Å². The summed E-state index contributed by atoms with van der Waals surface area (Å²) in [6.45, 7) is 9.28. The van der Waals surface area contributed by atoms with E-state index < -0.39 is 0 Å². The molecule has 1 fully saturated rings. The lowest BCUT2D eigenvalue weighted by atomic mass is 9.64. The quantitative estimate of drug-likeness (QED) is 0.571. The van der Waals surface area contributed by atoms with E-state index in [1.54, 1.807) is 0 Å². The van der Waals surface area contributed by atoms with Crippen LogP contribution in [0.5, 0.6) is 0 Å². The summed E-state index contributed by atoms with van der Waals surface area (Å²) >= 11 is 0. The zero-order valence-electron chi connectivity index (χ0n) is 8.22. The van der Waals surface area contributed by atoms with Gasteiger partial charge in [-0.1, -0.05) is 27.7 Å². The van der Waals surface area contributed by atoms with Gasteiger partial charge in [0.1, 0.15) is 0 Å². The third kappa shape index (κ3) is 1.76. The molecule has 0 radical (unpaired) electrons. The van der Waals surface area contributed by atoms with E-state index >= 15 is 0 Å². The summed E-state index contributed by atoms with van der Waals surface area (Å²) in [5.74, 6) is 1.50. The first-order chi connectivity index (χ1) is 4.93. The van der Waals surface area contributed by atoms with E-state index in [2.05, 4.69) is 27.7 Å². The molecule has 1 nitrogen and oxygen atoms in total. The van der Waals surface area contributed by atoms with Crippen molar-refractivity contribution in [2.75, 3.05) is 0 Å². The van der Waals surface area contributed by atoms with Crippen molar-refractivity contribution in [2.45, 2.75) is 46.6 Å². The van der Waals surface area contributed by atoms with Crippen LogP contribution in [-0.4, -0.2) is 6.04 Å². The summed E-state index contributed by atoms with van der Waals surface area (Å²) in [5, 5.41) is 0. The minimum atomic E-state index is 0.425. The van der Waals surface area contributed by atoms with Crippen molar-refractivity contribution < 1.29 is 0 Å². The van der Waals surface area contributed by atoms with E-state index in [1.807, 2.05) is 0 Å². The van der Waals surface area contributed by atoms with Crippen LogP contribution in [0.3, 0.4) is 0 Å². The van der Waals surface area contributed by atoms with Gasteiger partial charge in [0.2, 0.25) is 0 Å². The summed E-state index contributed by atoms with van der Waals surface area (Å²) in [6, 6.07) is 0.425. The Morgan fingerprint density at radius 1 is 1.27 bits per heavy atom. The minimum Gasteiger partial charge on any atom is -0.327 e. The molecule has 2 N–H and O–H groups in total. The molecule has 0 bridgehead atoms. The predicted molar refractivity (Wildman–Crippen MR) is 49.3 cm³/mol. The first-order valence-electron chi connectivity index (χ1n) is 4.69. The van der Waals surface area contributed by atoms with E-state index in [0.29, 0.717) is 17.4 Å². The van der Waals surface area contributed by atoms with E-state index in [-0.39, 0.29) is 0 Å². The normalized spacial score (nSPS) is 43.9. The number of nitrogens with two attached hydrogens (primary N) is 1. The topological polar surface area (TPSA) is 26.0 Å². The molecule has 1 rings (SSSR count). The molecule has 0 saturated heterocycles. The fourth-order valence-corrected chi connectivity index (χ4v) is 2.42. The first-order valence-corrected chi connectivity index (χ1v) is 4.69. The lowest BCUT2D eigenvalue weighted by Gasteiger charge is -2.43. The minimum absolute atomic E-state index is 0.425. The zero-order valence-corrected chi connectivity index (χ0v) is 8.22. The van der Waals surface area contributed by atoms with Crippen LogP contribution >= 0.6 is 0 Å². The van der Waals surface area contributed by atoms with Crippen molar-refractivity contribution in [3.05, 3.63) is 0 Å². The molecule has 0 aromatic rings. The van der Waals surface area contributed by atoms with E-state index in [9.17, 15) is 0 Å². The van der Waals surface area contributed by atoms with Gasteiger partial charge in [-0.15, -0.1) is 0 Å². The largest absolute Gasteiger partial charge is 0.327 e. The molecule has 0 amide bonds. The Kier molecular flexibility index (Phi) is 2.29. The Morgan fingerprint density at radius 3 is 2.27 bits per heavy atom. The molecule has 1 saturated carbocycles. The van der Waals surface area contributed by atoms with Crippen molar-refractivity contribution >= 4 is 0 Å². The summed E-state index contributed by atoms with van der Waals surface area (Å²) in [6.07, 6.45) is 2.55. The maximum absolute atomic E-state index is 6.04. The Hall–Kier alpha value is -0.0400. The fraction of sp³-hybridized carbons (Fsp3) is 1.00. The van der Waals surface area contributed by atoms with Gasteiger partial charge in [-0.2, -0.15) is 0 Å². The highest BCUT2D eigenvalue weighted by molar-refractivity contribution is 4.90. The first kappa shape index (κ1) is 9.05. The summed E-state index contributed by atoms with van der Waals surface area (Å²) in [5.41, 5.74) is 6.50. The zero-order chi connectivity index (χ0) is 8.65. The van der Waals surface area contributed by atoms with Gasteiger partial charge >= 0.3 is 0 Å². The standard InChI is InChI=1S/C10H21N/c1-7-5-9(11)8(2)10(3,4)6-7/h7-9H,5-6,11H2,1-4H3. The molecule has 3 unspecified atom stereocenters. The van der Waals surface area contributed by atoms with Crippen LogP contribution < -0.4 is 5.73 Å². The Balaban J connectivity index is 2.67. The smallest absolute Gasteiger partial charge is 0.00721 e. The Labute approximate surface area is 70.4 Å². The van der Waals surface area contributed by atoms with Crippen molar-refractivity contribution in [2.24, 2.45) is 23.0 Å². The van der Waals surface area contributed by atoms with Crippen LogP contribution in [0, 0.1) is 17.3 Å². The Bertz CT molecular complexity index is 140. The molecule has 66 valence electrons. The summed E-state index contributed by atoms with van der Waals surface area (Å²) in [4.78, 5) is 0. The molecular formula is C10H21N. The average molecular weight is 155 g/mol. The lowest BCUT2D eigenvalue weighted by Crippen LogP contribution is -2.44. The van der Waals surface area contributed by atoms with Gasteiger partial charge in [0.05, 0.1) is 0 Å². The highest BCUT2D eigenvalue weighted by atomic mass is 14.7. The van der Waals surface area contributed by atoms with Crippen LogP contribution in [0.1, 0.15) is 40.5 Å². The van der Waals surface area contributed by atoms with Crippen molar-refractivity contribution in [3.8, 4) is 0 Å². The van der Waals surface area contributed by atoms with Gasteiger partial charge in [-0.3, -0.25) is 0 Å². The van der Waals surface area contributed by atoms with Crippen LogP contribution in [0.2, 0.25) is 0 Å². The number of rotatable bonds is 0. The average Bonchev–Trinajstić information content (AvgIpc) is 1.81. The Morgan fingerprint density at radius 2 is 1.82 bits per heavy atom. The van der Waals surface area contributed by atoms with Gasteiger partial charge in [0, 0.05) is 6.04 Å². The molecule has 0 spiro atoms. The van der Waals surface area contributed by atoms with Gasteiger partial charge in [-0.05, 0) is 30.1 Å². The third-order valence-corrected chi connectivity index (χ3v) is 3.42. The van der Waals surface area contributed by atoms with Crippen LogP contribution in [0.25, 0.3) is 0 Å². The van der Waals surface area contributed by atoms with Gasteiger partial charge < -0.3 is 5.73 Å². The maximum Gasteiger partial charge on any atom is 0.00721 e. The molecule has 0 heterocycles. The molecule has 3 atom stereocenters. The highest BCUT2D eigenvalue weighted by Crippen LogP contribution is 2.42. The van der Waals surface area contributed by atoms with E-state index in [4.69, 9.17) is 5.73 Å². The second-order valence-corrected chi connectivity index (χ2v) is 4.99. The molecule has 0 aromatic carbocycles. The molecule has 1 heteroatoms. The van der Waals surface area contributed by atoms with Crippen molar-refractivity contribution in [3.63, 3.8) is 0 Å². The second kappa shape index (κ2) is 2.78. The predicted octanol–water partition coefficient (Wildman–Crippen LogP) is 2.41. The second-order valence-electron chi connectivity index (χ2n) is 4.99. The summed E-state index contributed by atoms with van der Waals surface area (Å²) in [7, 11) is 0. The van der Waals surface area contributed by atoms with E-state index in [0.717, 1.165) is 5.92 Å². The molecule has 0 aromatic heterocycles. The molecule has 1 aliphatic rings. The number of hydrogen-bond donors (Lipinski definition) is 1. The fourth-order valence-electron chi connectivity index (χ4n) is 2.42. The van der Waals surface area contributed by atoms with Crippen molar-refractivity contribution in [1.82, 2.24) is 0 Å². The SMILES string of the molecule is CC1CC(N)C(C)C(C)(C)C1. The van der Waals surface area contributed by atoms with E-state index in [1.165, 1.54) is 12.8 Å². The molecular weight excluding hydrogens is 134 g/mol. The molecule has 0 aliphatic heterocycles. The van der Waals surface area contributed by atoms with Crippen LogP contribution in [0.15, 0.2) is 0 Å². The van der Waals surface area contributed by atoms with Gasteiger partial charge in [0.25, 0.3) is 0 Å². The third-order valence-electron chi connectivity index (χ3n) is 3.42. The maximum atomic E-state index is 6.04. The number of hydrogen-bond acceptors (Lipinski definition) is 1. The molecule has 11 heavy (non-hydrogen) atoms. The highest BCUT2D eigenvalue weighted by Gasteiger charge is 2.36. The lowest BCUT2D eigenvalue weighted by molar-refractivity contribution is 0.0937. The monoisotopic (exact) mass is 155 g/mol. The van der Waals surface area contributed by atoms with Gasteiger partial charge in [0.15, 0.2) is 0 Å². The summed E-state index contributed by atoms with van der Waals surface area (Å²) < 4.78 is 0. The van der Waals surface area contributed by atoms with Crippen LogP contribution in [0.4, 0.5) is 0 Å². The molecule has 1 aliphatic carbocycles. The van der Waals surface area contributed by atoms with Crippen molar-refractivity contribution in [1.29, 1.82) is 0 Å². The van der Waals surface area contributed by atoms with Crippen LogP contribution in [-0.2, 0) is 0 Å².